The van der Waals surface area contributed by atoms with Crippen molar-refractivity contribution in [1.82, 2.24) is 4.90 Å². The van der Waals surface area contributed by atoms with Crippen molar-refractivity contribution in [3.05, 3.63) is 0 Å². The first-order valence-corrected chi connectivity index (χ1v) is 6.38. The predicted molar refractivity (Wildman–Crippen MR) is 66.8 cm³/mol. The summed E-state index contributed by atoms with van der Waals surface area (Å²) in [5.74, 6) is 0. The van der Waals surface area contributed by atoms with Gasteiger partial charge in [0, 0.05) is 25.7 Å². The topological polar surface area (TPSA) is 21.7 Å². The molecule has 96 valence electrons. The van der Waals surface area contributed by atoms with Crippen LogP contribution in [0.15, 0.2) is 0 Å². The molecule has 1 heterocycles. The van der Waals surface area contributed by atoms with Crippen molar-refractivity contribution < 1.29 is 9.47 Å². The standard InChI is InChI=1S/C13H27NO2/c1-11-10-15-12(2)9-14(11)7-6-8-16-13(3,4)5/h11-12H,6-10H2,1-5H3/t11-,12-/m1/s1. The smallest absolute Gasteiger partial charge is 0.0674 e. The molecule has 16 heavy (non-hydrogen) atoms. The van der Waals surface area contributed by atoms with E-state index in [1.165, 1.54) is 0 Å². The first-order chi connectivity index (χ1) is 7.38. The normalized spacial score (nSPS) is 28.3. The Hall–Kier alpha value is -0.120. The Balaban J connectivity index is 2.16. The summed E-state index contributed by atoms with van der Waals surface area (Å²) in [5, 5.41) is 0. The minimum atomic E-state index is -0.0100. The lowest BCUT2D eigenvalue weighted by Gasteiger charge is -2.36. The Morgan fingerprint density at radius 2 is 2.00 bits per heavy atom. The van der Waals surface area contributed by atoms with Crippen LogP contribution < -0.4 is 0 Å². The zero-order valence-corrected chi connectivity index (χ0v) is 11.5. The van der Waals surface area contributed by atoms with E-state index < -0.39 is 0 Å². The van der Waals surface area contributed by atoms with E-state index in [-0.39, 0.29) is 5.60 Å². The minimum absolute atomic E-state index is 0.0100. The quantitative estimate of drug-likeness (QED) is 0.690. The van der Waals surface area contributed by atoms with Gasteiger partial charge in [-0.05, 0) is 41.0 Å². The molecule has 1 fully saturated rings. The second-order valence-corrected chi connectivity index (χ2v) is 5.80. The molecule has 3 nitrogen and oxygen atoms in total. The van der Waals surface area contributed by atoms with E-state index in [0.717, 1.165) is 32.7 Å². The maximum Gasteiger partial charge on any atom is 0.0674 e. The summed E-state index contributed by atoms with van der Waals surface area (Å²) in [6, 6.07) is 0.547. The molecule has 1 rings (SSSR count). The molecule has 0 radical (unpaired) electrons. The van der Waals surface area contributed by atoms with Crippen LogP contribution in [0, 0.1) is 0 Å². The maximum atomic E-state index is 5.72. The van der Waals surface area contributed by atoms with Crippen LogP contribution in [-0.2, 0) is 9.47 Å². The molecule has 0 unspecified atom stereocenters. The Kier molecular flexibility index (Phi) is 5.22. The summed E-state index contributed by atoms with van der Waals surface area (Å²) in [6.45, 7) is 14.6. The number of morpholine rings is 1. The molecule has 0 amide bonds. The lowest BCUT2D eigenvalue weighted by molar-refractivity contribution is -0.0563. The molecule has 0 aromatic heterocycles. The molecular formula is C13H27NO2. The fraction of sp³-hybridized carbons (Fsp3) is 1.00. The van der Waals surface area contributed by atoms with E-state index in [0.29, 0.717) is 12.1 Å². The molecule has 0 saturated carbocycles. The molecule has 0 aromatic carbocycles. The Morgan fingerprint density at radius 1 is 1.31 bits per heavy atom. The van der Waals surface area contributed by atoms with Gasteiger partial charge in [-0.2, -0.15) is 0 Å². The van der Waals surface area contributed by atoms with E-state index >= 15 is 0 Å². The third kappa shape index (κ3) is 5.28. The molecule has 0 spiro atoms. The van der Waals surface area contributed by atoms with Crippen molar-refractivity contribution >= 4 is 0 Å². The Labute approximate surface area is 100 Å². The zero-order valence-electron chi connectivity index (χ0n) is 11.5. The van der Waals surface area contributed by atoms with Gasteiger partial charge in [0.25, 0.3) is 0 Å². The van der Waals surface area contributed by atoms with Crippen LogP contribution in [0.1, 0.15) is 41.0 Å². The van der Waals surface area contributed by atoms with Crippen LogP contribution in [0.25, 0.3) is 0 Å². The highest BCUT2D eigenvalue weighted by Gasteiger charge is 2.22. The van der Waals surface area contributed by atoms with Crippen LogP contribution in [0.2, 0.25) is 0 Å². The minimum Gasteiger partial charge on any atom is -0.376 e. The number of hydrogen-bond acceptors (Lipinski definition) is 3. The first-order valence-electron chi connectivity index (χ1n) is 6.38. The summed E-state index contributed by atoms with van der Waals surface area (Å²) in [6.07, 6.45) is 1.48. The van der Waals surface area contributed by atoms with Crippen molar-refractivity contribution in [2.75, 3.05) is 26.3 Å². The largest absolute Gasteiger partial charge is 0.376 e. The third-order valence-corrected chi connectivity index (χ3v) is 2.86. The van der Waals surface area contributed by atoms with Gasteiger partial charge in [0.2, 0.25) is 0 Å². The lowest BCUT2D eigenvalue weighted by atomic mass is 10.2. The summed E-state index contributed by atoms with van der Waals surface area (Å²) < 4.78 is 11.3. The van der Waals surface area contributed by atoms with E-state index in [1.807, 2.05) is 0 Å². The first kappa shape index (κ1) is 13.9. The van der Waals surface area contributed by atoms with Crippen LogP contribution >= 0.6 is 0 Å². The summed E-state index contributed by atoms with van der Waals surface area (Å²) in [4.78, 5) is 2.50. The lowest BCUT2D eigenvalue weighted by Crippen LogP contribution is -2.47. The van der Waals surface area contributed by atoms with Gasteiger partial charge in [0.1, 0.15) is 0 Å². The average Bonchev–Trinajstić information content (AvgIpc) is 2.16. The van der Waals surface area contributed by atoms with Crippen LogP contribution in [0.5, 0.6) is 0 Å². The highest BCUT2D eigenvalue weighted by atomic mass is 16.5. The predicted octanol–water partition coefficient (Wildman–Crippen LogP) is 2.30. The molecule has 1 saturated heterocycles. The van der Waals surface area contributed by atoms with Crippen molar-refractivity contribution in [3.63, 3.8) is 0 Å². The van der Waals surface area contributed by atoms with Crippen LogP contribution in [0.3, 0.4) is 0 Å². The highest BCUT2D eigenvalue weighted by molar-refractivity contribution is 4.75. The monoisotopic (exact) mass is 229 g/mol. The average molecular weight is 229 g/mol. The van der Waals surface area contributed by atoms with Gasteiger partial charge in [-0.3, -0.25) is 4.90 Å². The summed E-state index contributed by atoms with van der Waals surface area (Å²) in [5.41, 5.74) is -0.0100. The highest BCUT2D eigenvalue weighted by Crippen LogP contribution is 2.12. The molecule has 0 N–H and O–H groups in total. The van der Waals surface area contributed by atoms with Crippen molar-refractivity contribution in [2.45, 2.75) is 58.8 Å². The Bertz CT molecular complexity index is 201. The van der Waals surface area contributed by atoms with Crippen LogP contribution in [0.4, 0.5) is 0 Å². The molecule has 2 atom stereocenters. The van der Waals surface area contributed by atoms with Crippen molar-refractivity contribution in [2.24, 2.45) is 0 Å². The molecule has 0 bridgehead atoms. The molecule has 1 aliphatic heterocycles. The van der Waals surface area contributed by atoms with Crippen LogP contribution in [-0.4, -0.2) is 49.0 Å². The molecular weight excluding hydrogens is 202 g/mol. The summed E-state index contributed by atoms with van der Waals surface area (Å²) in [7, 11) is 0. The van der Waals surface area contributed by atoms with E-state index in [1.54, 1.807) is 0 Å². The molecule has 3 heteroatoms. The van der Waals surface area contributed by atoms with E-state index in [4.69, 9.17) is 9.47 Å². The molecule has 1 aliphatic rings. The second-order valence-electron chi connectivity index (χ2n) is 5.80. The fourth-order valence-corrected chi connectivity index (χ4v) is 1.93. The van der Waals surface area contributed by atoms with Gasteiger partial charge >= 0.3 is 0 Å². The molecule has 0 aromatic rings. The van der Waals surface area contributed by atoms with Gasteiger partial charge < -0.3 is 9.47 Å². The SMILES string of the molecule is C[C@@H]1CN(CCCOC(C)(C)C)[C@H](C)CO1. The Morgan fingerprint density at radius 3 is 2.62 bits per heavy atom. The zero-order chi connectivity index (χ0) is 12.2. The van der Waals surface area contributed by atoms with E-state index in [2.05, 4.69) is 39.5 Å². The fourth-order valence-electron chi connectivity index (χ4n) is 1.93. The molecule has 0 aliphatic carbocycles. The van der Waals surface area contributed by atoms with Gasteiger partial charge in [0.05, 0.1) is 18.3 Å². The van der Waals surface area contributed by atoms with Gasteiger partial charge in [-0.25, -0.2) is 0 Å². The van der Waals surface area contributed by atoms with Crippen molar-refractivity contribution in [1.29, 1.82) is 0 Å². The van der Waals surface area contributed by atoms with Crippen molar-refractivity contribution in [3.8, 4) is 0 Å². The number of rotatable bonds is 4. The van der Waals surface area contributed by atoms with Gasteiger partial charge in [-0.15, -0.1) is 0 Å². The number of ether oxygens (including phenoxy) is 2. The number of hydrogen-bond donors (Lipinski definition) is 0. The summed E-state index contributed by atoms with van der Waals surface area (Å²) >= 11 is 0. The second kappa shape index (κ2) is 5.99. The number of nitrogens with zero attached hydrogens (tertiary/aromatic N) is 1. The van der Waals surface area contributed by atoms with Gasteiger partial charge in [0.15, 0.2) is 0 Å². The third-order valence-electron chi connectivity index (χ3n) is 2.86. The van der Waals surface area contributed by atoms with E-state index in [9.17, 15) is 0 Å². The van der Waals surface area contributed by atoms with Gasteiger partial charge in [-0.1, -0.05) is 0 Å². The maximum absolute atomic E-state index is 5.72.